The van der Waals surface area contributed by atoms with E-state index in [2.05, 4.69) is 6.92 Å². The van der Waals surface area contributed by atoms with E-state index >= 15 is 0 Å². The van der Waals surface area contributed by atoms with Crippen molar-refractivity contribution in [1.82, 2.24) is 4.90 Å². The van der Waals surface area contributed by atoms with Crippen LogP contribution in [0.2, 0.25) is 0 Å². The highest BCUT2D eigenvalue weighted by molar-refractivity contribution is 5.83. The van der Waals surface area contributed by atoms with E-state index in [1.165, 1.54) is 0 Å². The van der Waals surface area contributed by atoms with Gasteiger partial charge in [-0.05, 0) is 31.6 Å². The fourth-order valence-electron chi connectivity index (χ4n) is 3.18. The highest BCUT2D eigenvalue weighted by atomic mass is 16.4. The van der Waals surface area contributed by atoms with Crippen LogP contribution in [-0.4, -0.2) is 35.0 Å². The normalized spacial score (nSPS) is 35.3. The summed E-state index contributed by atoms with van der Waals surface area (Å²) in [5, 5.41) is 9.49. The molecule has 2 fully saturated rings. The van der Waals surface area contributed by atoms with Crippen molar-refractivity contribution in [3.8, 4) is 0 Å². The van der Waals surface area contributed by atoms with Gasteiger partial charge in [-0.15, -0.1) is 0 Å². The monoisotopic (exact) mass is 253 g/mol. The van der Waals surface area contributed by atoms with Crippen LogP contribution in [-0.2, 0) is 9.59 Å². The van der Waals surface area contributed by atoms with Gasteiger partial charge in [0.05, 0.1) is 5.41 Å². The Hall–Kier alpha value is -1.06. The molecule has 4 nitrogen and oxygen atoms in total. The summed E-state index contributed by atoms with van der Waals surface area (Å²) in [6.45, 7) is 5.25. The lowest BCUT2D eigenvalue weighted by atomic mass is 9.76. The minimum absolute atomic E-state index is 0.163. The molecule has 0 radical (unpaired) electrons. The van der Waals surface area contributed by atoms with E-state index in [0.717, 1.165) is 25.8 Å². The maximum atomic E-state index is 12.2. The lowest BCUT2D eigenvalue weighted by molar-refractivity contribution is -0.156. The van der Waals surface area contributed by atoms with E-state index < -0.39 is 11.4 Å². The van der Waals surface area contributed by atoms with Crippen LogP contribution in [0.1, 0.15) is 46.0 Å². The average molecular weight is 253 g/mol. The highest BCUT2D eigenvalue weighted by Gasteiger charge is 2.47. The summed E-state index contributed by atoms with van der Waals surface area (Å²) >= 11 is 0. The van der Waals surface area contributed by atoms with E-state index in [9.17, 15) is 14.7 Å². The molecule has 3 atom stereocenters. The number of nitrogens with zero attached hydrogens (tertiary/aromatic N) is 1. The van der Waals surface area contributed by atoms with Gasteiger partial charge in [-0.25, -0.2) is 0 Å². The number of likely N-dealkylation sites (tertiary alicyclic amines) is 1. The second-order valence-electron chi connectivity index (χ2n) is 6.02. The van der Waals surface area contributed by atoms with Gasteiger partial charge in [0, 0.05) is 19.0 Å². The maximum Gasteiger partial charge on any atom is 0.311 e. The predicted octanol–water partition coefficient (Wildman–Crippen LogP) is 2.14. The van der Waals surface area contributed by atoms with Gasteiger partial charge in [0.2, 0.25) is 5.91 Å². The lowest BCUT2D eigenvalue weighted by Gasteiger charge is -2.40. The summed E-state index contributed by atoms with van der Waals surface area (Å²) in [4.78, 5) is 25.6. The number of rotatable bonds is 4. The third kappa shape index (κ3) is 2.38. The molecule has 0 aromatic heterocycles. The largest absolute Gasteiger partial charge is 0.481 e. The van der Waals surface area contributed by atoms with Gasteiger partial charge in [0.15, 0.2) is 0 Å². The van der Waals surface area contributed by atoms with Crippen molar-refractivity contribution in [3.05, 3.63) is 0 Å². The summed E-state index contributed by atoms with van der Waals surface area (Å²) < 4.78 is 0. The van der Waals surface area contributed by atoms with Gasteiger partial charge >= 0.3 is 5.97 Å². The van der Waals surface area contributed by atoms with Gasteiger partial charge in [0.1, 0.15) is 0 Å². The molecule has 1 saturated carbocycles. The Kier molecular flexibility index (Phi) is 3.64. The molecule has 0 aromatic carbocycles. The molecule has 102 valence electrons. The number of carbonyl (C=O) groups excluding carboxylic acids is 1. The van der Waals surface area contributed by atoms with Crippen molar-refractivity contribution < 1.29 is 14.7 Å². The highest BCUT2D eigenvalue weighted by Crippen LogP contribution is 2.42. The summed E-state index contributed by atoms with van der Waals surface area (Å²) in [5.74, 6) is 0.107. The first-order valence-electron chi connectivity index (χ1n) is 7.02. The van der Waals surface area contributed by atoms with Crippen LogP contribution < -0.4 is 0 Å². The molecule has 0 spiro atoms. The van der Waals surface area contributed by atoms with Crippen molar-refractivity contribution in [3.63, 3.8) is 0 Å². The molecule has 1 saturated heterocycles. The molecule has 4 heteroatoms. The summed E-state index contributed by atoms with van der Waals surface area (Å²) in [5.41, 5.74) is -0.694. The zero-order valence-corrected chi connectivity index (χ0v) is 11.3. The molecule has 1 N–H and O–H groups in total. The van der Waals surface area contributed by atoms with Crippen molar-refractivity contribution in [2.45, 2.75) is 46.0 Å². The van der Waals surface area contributed by atoms with Crippen LogP contribution in [0.15, 0.2) is 0 Å². The Morgan fingerprint density at radius 1 is 1.44 bits per heavy atom. The molecule has 2 aliphatic rings. The van der Waals surface area contributed by atoms with Crippen LogP contribution in [0.4, 0.5) is 0 Å². The molecule has 2 rings (SSSR count). The minimum Gasteiger partial charge on any atom is -0.481 e. The second-order valence-corrected chi connectivity index (χ2v) is 6.02. The molecule has 0 aromatic rings. The number of amides is 1. The molecule has 1 aliphatic heterocycles. The smallest absolute Gasteiger partial charge is 0.311 e. The lowest BCUT2D eigenvalue weighted by Crippen LogP contribution is -2.50. The topological polar surface area (TPSA) is 57.6 Å². The SMILES string of the molecule is CCCC1(C(=O)O)CCCN(C(=O)C2CC2C)C1. The van der Waals surface area contributed by atoms with E-state index in [0.29, 0.717) is 25.3 Å². The van der Waals surface area contributed by atoms with Gasteiger partial charge in [-0.3, -0.25) is 9.59 Å². The van der Waals surface area contributed by atoms with E-state index in [-0.39, 0.29) is 11.8 Å². The summed E-state index contributed by atoms with van der Waals surface area (Å²) in [6, 6.07) is 0. The molecule has 18 heavy (non-hydrogen) atoms. The van der Waals surface area contributed by atoms with Crippen LogP contribution in [0.3, 0.4) is 0 Å². The third-order valence-corrected chi connectivity index (χ3v) is 4.50. The first kappa shape index (κ1) is 13.4. The Morgan fingerprint density at radius 3 is 2.61 bits per heavy atom. The third-order valence-electron chi connectivity index (χ3n) is 4.50. The van der Waals surface area contributed by atoms with Crippen molar-refractivity contribution in [1.29, 1.82) is 0 Å². The standard InChI is InChI=1S/C14H23NO3/c1-3-5-14(13(17)18)6-4-7-15(9-14)12(16)11-8-10(11)2/h10-11H,3-9H2,1-2H3,(H,17,18). The molecule has 0 bridgehead atoms. The van der Waals surface area contributed by atoms with Crippen molar-refractivity contribution >= 4 is 11.9 Å². The predicted molar refractivity (Wildman–Crippen MR) is 68.1 cm³/mol. The molecular weight excluding hydrogens is 230 g/mol. The fourth-order valence-corrected chi connectivity index (χ4v) is 3.18. The van der Waals surface area contributed by atoms with Crippen LogP contribution in [0.25, 0.3) is 0 Å². The number of aliphatic carboxylic acids is 1. The molecular formula is C14H23NO3. The molecule has 1 amide bonds. The molecule has 1 heterocycles. The van der Waals surface area contributed by atoms with Crippen molar-refractivity contribution in [2.24, 2.45) is 17.3 Å². The maximum absolute atomic E-state index is 12.2. The summed E-state index contributed by atoms with van der Waals surface area (Å²) in [7, 11) is 0. The summed E-state index contributed by atoms with van der Waals surface area (Å²) in [6.07, 6.45) is 4.03. The van der Waals surface area contributed by atoms with Crippen LogP contribution in [0.5, 0.6) is 0 Å². The van der Waals surface area contributed by atoms with Crippen LogP contribution >= 0.6 is 0 Å². The van der Waals surface area contributed by atoms with Gasteiger partial charge in [0.25, 0.3) is 0 Å². The zero-order chi connectivity index (χ0) is 13.3. The second kappa shape index (κ2) is 4.90. The van der Waals surface area contributed by atoms with E-state index in [1.807, 2.05) is 6.92 Å². The number of carbonyl (C=O) groups is 2. The fraction of sp³-hybridized carbons (Fsp3) is 0.857. The van der Waals surface area contributed by atoms with Crippen molar-refractivity contribution in [2.75, 3.05) is 13.1 Å². The van der Waals surface area contributed by atoms with Gasteiger partial charge < -0.3 is 10.0 Å². The number of hydrogen-bond acceptors (Lipinski definition) is 2. The number of hydrogen-bond donors (Lipinski definition) is 1. The van der Waals surface area contributed by atoms with E-state index in [4.69, 9.17) is 0 Å². The van der Waals surface area contributed by atoms with Gasteiger partial charge in [-0.2, -0.15) is 0 Å². The zero-order valence-electron chi connectivity index (χ0n) is 11.3. The van der Waals surface area contributed by atoms with Crippen LogP contribution in [0, 0.1) is 17.3 Å². The number of piperidine rings is 1. The Bertz CT molecular complexity index is 351. The average Bonchev–Trinajstić information content (AvgIpc) is 3.06. The Balaban J connectivity index is 2.06. The molecule has 1 aliphatic carbocycles. The Labute approximate surface area is 108 Å². The number of carboxylic acids is 1. The minimum atomic E-state index is -0.731. The van der Waals surface area contributed by atoms with E-state index in [1.54, 1.807) is 4.90 Å². The molecule has 3 unspecified atom stereocenters. The quantitative estimate of drug-likeness (QED) is 0.835. The first-order valence-corrected chi connectivity index (χ1v) is 7.02. The first-order chi connectivity index (χ1) is 8.50. The number of carboxylic acid groups (broad SMARTS) is 1. The Morgan fingerprint density at radius 2 is 2.11 bits per heavy atom. The van der Waals surface area contributed by atoms with Gasteiger partial charge in [-0.1, -0.05) is 20.3 Å².